The first-order chi connectivity index (χ1) is 12.5. The molecule has 0 aromatic carbocycles. The van der Waals surface area contributed by atoms with Crippen molar-refractivity contribution in [1.29, 1.82) is 0 Å². The third-order valence-corrected chi connectivity index (χ3v) is 7.24. The van der Waals surface area contributed by atoms with Gasteiger partial charge in [0.05, 0.1) is 0 Å². The minimum atomic E-state index is -0.915. The van der Waals surface area contributed by atoms with Crippen molar-refractivity contribution >= 4 is 11.8 Å². The molecule has 4 unspecified atom stereocenters. The number of imide groups is 1. The van der Waals surface area contributed by atoms with Gasteiger partial charge in [0.2, 0.25) is 0 Å². The van der Waals surface area contributed by atoms with Crippen molar-refractivity contribution in [2.75, 3.05) is 13.7 Å². The van der Waals surface area contributed by atoms with E-state index < -0.39 is 5.79 Å². The number of carbonyl (C=O) groups is 2. The fourth-order valence-corrected chi connectivity index (χ4v) is 5.05. The Bertz CT molecular complexity index is 655. The normalized spacial score (nSPS) is 34.3. The molecule has 4 aliphatic rings. The van der Waals surface area contributed by atoms with Crippen LogP contribution in [0.2, 0.25) is 0 Å². The van der Waals surface area contributed by atoms with E-state index in [1.165, 1.54) is 23.8 Å². The number of methoxy groups -OCH3 is 1. The van der Waals surface area contributed by atoms with Crippen LogP contribution >= 0.6 is 0 Å². The second kappa shape index (κ2) is 6.98. The molecule has 1 heterocycles. The first-order valence-electron chi connectivity index (χ1n) is 9.98. The number of fused-ring (bicyclic) bond motifs is 2. The van der Waals surface area contributed by atoms with Crippen LogP contribution in [0.15, 0.2) is 11.6 Å². The number of hydrogen-bond donors (Lipinski definition) is 0. The zero-order valence-corrected chi connectivity index (χ0v) is 17.5. The highest BCUT2D eigenvalue weighted by molar-refractivity contribution is 6.15. The van der Waals surface area contributed by atoms with Crippen LogP contribution in [0, 0.1) is 17.3 Å². The molecule has 27 heavy (non-hydrogen) atoms. The molecular weight excluding hydrogens is 346 g/mol. The van der Waals surface area contributed by atoms with Gasteiger partial charge in [-0.1, -0.05) is 13.8 Å². The van der Waals surface area contributed by atoms with Crippen molar-refractivity contribution in [1.82, 2.24) is 4.90 Å². The molecule has 2 amide bonds. The third-order valence-electron chi connectivity index (χ3n) is 7.24. The van der Waals surface area contributed by atoms with Crippen LogP contribution in [0.4, 0.5) is 0 Å². The lowest BCUT2D eigenvalue weighted by Gasteiger charge is -2.63. The van der Waals surface area contributed by atoms with Crippen LogP contribution in [-0.4, -0.2) is 41.8 Å². The van der Waals surface area contributed by atoms with Gasteiger partial charge >= 0.3 is 0 Å². The van der Waals surface area contributed by atoms with Gasteiger partial charge in [-0.2, -0.15) is 0 Å². The zero-order chi connectivity index (χ0) is 20.0. The summed E-state index contributed by atoms with van der Waals surface area (Å²) in [7, 11) is 1.59. The Morgan fingerprint density at radius 3 is 2.52 bits per heavy atom. The number of ether oxygens (including phenoxy) is 1. The van der Waals surface area contributed by atoms with E-state index in [4.69, 9.17) is 14.5 Å². The molecule has 6 nitrogen and oxygen atoms in total. The molecular formula is C21H33NO5. The standard InChI is InChI=1S/C21H33NO5/c1-14-12-17(23)22(18(14)24)11-7-9-21(5,25-6)27-26-20(4)10-8-15-13-16(20)19(15,2)3/h12,15-16H,7-11,13H2,1-6H3. The van der Waals surface area contributed by atoms with E-state index in [0.717, 1.165) is 12.3 Å². The van der Waals surface area contributed by atoms with Crippen LogP contribution in [0.1, 0.15) is 66.7 Å². The first-order valence-corrected chi connectivity index (χ1v) is 9.98. The Balaban J connectivity index is 1.52. The van der Waals surface area contributed by atoms with Crippen molar-refractivity contribution < 1.29 is 24.1 Å². The number of nitrogens with zero attached hydrogens (tertiary/aromatic N) is 1. The Morgan fingerprint density at radius 2 is 2.00 bits per heavy atom. The minimum absolute atomic E-state index is 0.215. The number of hydrogen-bond acceptors (Lipinski definition) is 5. The summed E-state index contributed by atoms with van der Waals surface area (Å²) >= 11 is 0. The van der Waals surface area contributed by atoms with E-state index in [1.54, 1.807) is 14.0 Å². The lowest BCUT2D eigenvalue weighted by Crippen LogP contribution is -2.61. The van der Waals surface area contributed by atoms with E-state index in [0.29, 0.717) is 36.3 Å². The Hall–Kier alpha value is -1.24. The van der Waals surface area contributed by atoms with E-state index >= 15 is 0 Å². The lowest BCUT2D eigenvalue weighted by molar-refractivity contribution is -0.478. The van der Waals surface area contributed by atoms with Gasteiger partial charge in [-0.05, 0) is 63.7 Å². The summed E-state index contributed by atoms with van der Waals surface area (Å²) in [5.41, 5.74) is 0.474. The zero-order valence-electron chi connectivity index (χ0n) is 17.5. The molecule has 0 spiro atoms. The van der Waals surface area contributed by atoms with Crippen LogP contribution in [0.3, 0.4) is 0 Å². The van der Waals surface area contributed by atoms with Gasteiger partial charge in [-0.25, -0.2) is 9.78 Å². The monoisotopic (exact) mass is 379 g/mol. The topological polar surface area (TPSA) is 65.1 Å². The minimum Gasteiger partial charge on any atom is -0.351 e. The molecule has 0 N–H and O–H groups in total. The number of amides is 2. The van der Waals surface area contributed by atoms with Gasteiger partial charge in [0.15, 0.2) is 5.79 Å². The predicted octanol–water partition coefficient (Wildman–Crippen LogP) is 3.61. The molecule has 0 radical (unpaired) electrons. The molecule has 1 aliphatic heterocycles. The molecule has 0 saturated heterocycles. The van der Waals surface area contributed by atoms with Crippen LogP contribution in [0.5, 0.6) is 0 Å². The SMILES string of the molecule is COC(C)(CCCN1C(=O)C=C(C)C1=O)OOC1(C)CCC2CC1C2(C)C. The van der Waals surface area contributed by atoms with E-state index in [1.807, 2.05) is 6.92 Å². The van der Waals surface area contributed by atoms with Gasteiger partial charge in [-0.3, -0.25) is 14.5 Å². The van der Waals surface area contributed by atoms with Crippen molar-refractivity contribution in [3.8, 4) is 0 Å². The maximum atomic E-state index is 12.0. The molecule has 3 aliphatic carbocycles. The molecule has 152 valence electrons. The summed E-state index contributed by atoms with van der Waals surface area (Å²) in [5.74, 6) is -0.0976. The van der Waals surface area contributed by atoms with E-state index in [-0.39, 0.29) is 17.4 Å². The van der Waals surface area contributed by atoms with Crippen molar-refractivity contribution in [3.05, 3.63) is 11.6 Å². The number of rotatable bonds is 8. The summed E-state index contributed by atoms with van der Waals surface area (Å²) < 4.78 is 5.56. The van der Waals surface area contributed by atoms with Gasteiger partial charge < -0.3 is 4.74 Å². The fourth-order valence-electron chi connectivity index (χ4n) is 5.05. The maximum Gasteiger partial charge on any atom is 0.256 e. The molecule has 0 aromatic rings. The summed E-state index contributed by atoms with van der Waals surface area (Å²) in [6.45, 7) is 10.6. The Morgan fingerprint density at radius 1 is 1.30 bits per heavy atom. The molecule has 3 saturated carbocycles. The highest BCUT2D eigenvalue weighted by Gasteiger charge is 2.61. The second-order valence-corrected chi connectivity index (χ2v) is 9.39. The lowest BCUT2D eigenvalue weighted by atomic mass is 9.44. The van der Waals surface area contributed by atoms with Crippen LogP contribution in [-0.2, 0) is 24.1 Å². The molecule has 2 bridgehead atoms. The van der Waals surface area contributed by atoms with Gasteiger partial charge in [0.25, 0.3) is 11.8 Å². The highest BCUT2D eigenvalue weighted by atomic mass is 17.2. The van der Waals surface area contributed by atoms with Crippen LogP contribution in [0.25, 0.3) is 0 Å². The smallest absolute Gasteiger partial charge is 0.256 e. The van der Waals surface area contributed by atoms with Crippen molar-refractivity contribution in [2.45, 2.75) is 78.1 Å². The summed E-state index contributed by atoms with van der Waals surface area (Å²) in [6, 6.07) is 0. The fraction of sp³-hybridized carbons (Fsp3) is 0.810. The quantitative estimate of drug-likeness (QED) is 0.279. The summed E-state index contributed by atoms with van der Waals surface area (Å²) in [6.07, 6.45) is 5.84. The number of carbonyl (C=O) groups excluding carboxylic acids is 2. The molecule has 0 aromatic heterocycles. The average Bonchev–Trinajstić information content (AvgIpc) is 2.86. The largest absolute Gasteiger partial charge is 0.351 e. The third kappa shape index (κ3) is 3.59. The molecule has 3 fully saturated rings. The van der Waals surface area contributed by atoms with Crippen molar-refractivity contribution in [2.24, 2.45) is 17.3 Å². The maximum absolute atomic E-state index is 12.0. The van der Waals surface area contributed by atoms with Crippen molar-refractivity contribution in [3.63, 3.8) is 0 Å². The first kappa shape index (κ1) is 20.5. The van der Waals surface area contributed by atoms with Gasteiger partial charge in [0.1, 0.15) is 5.60 Å². The van der Waals surface area contributed by atoms with Gasteiger partial charge in [-0.15, -0.1) is 0 Å². The highest BCUT2D eigenvalue weighted by Crippen LogP contribution is 2.63. The Labute approximate surface area is 162 Å². The van der Waals surface area contributed by atoms with Crippen LogP contribution < -0.4 is 0 Å². The average molecular weight is 379 g/mol. The summed E-state index contributed by atoms with van der Waals surface area (Å²) in [4.78, 5) is 36.9. The van der Waals surface area contributed by atoms with Gasteiger partial charge in [0, 0.05) is 31.7 Å². The predicted molar refractivity (Wildman–Crippen MR) is 100 cm³/mol. The molecule has 6 heteroatoms. The molecule has 4 rings (SSSR count). The summed E-state index contributed by atoms with van der Waals surface area (Å²) in [5, 5.41) is 0. The van der Waals surface area contributed by atoms with E-state index in [9.17, 15) is 9.59 Å². The molecule has 4 atom stereocenters. The second-order valence-electron chi connectivity index (χ2n) is 9.39. The Kier molecular flexibility index (Phi) is 5.30. The van der Waals surface area contributed by atoms with E-state index in [2.05, 4.69) is 20.8 Å².